The van der Waals surface area contributed by atoms with Gasteiger partial charge in [0.05, 0.1) is 17.1 Å². The number of fused-ring (bicyclic) bond motifs is 8. The molecule has 0 fully saturated rings. The van der Waals surface area contributed by atoms with Crippen molar-refractivity contribution in [3.8, 4) is 22.3 Å². The van der Waals surface area contributed by atoms with Gasteiger partial charge in [-0.2, -0.15) is 0 Å². The molecule has 11 aromatic rings. The first-order valence-corrected chi connectivity index (χ1v) is 21.4. The Hall–Kier alpha value is -7.88. The first-order valence-electron chi connectivity index (χ1n) is 21.4. The fourth-order valence-electron chi connectivity index (χ4n) is 10.0. The fourth-order valence-corrected chi connectivity index (χ4v) is 10.0. The Bertz CT molecular complexity index is 3510. The van der Waals surface area contributed by atoms with Crippen LogP contribution in [-0.4, -0.2) is 0 Å². The summed E-state index contributed by atoms with van der Waals surface area (Å²) in [4.78, 5) is 4.89. The zero-order valence-electron chi connectivity index (χ0n) is 34.6. The van der Waals surface area contributed by atoms with Gasteiger partial charge in [0.25, 0.3) is 0 Å². The second-order valence-electron chi connectivity index (χ2n) is 16.9. The molecule has 1 aromatic heterocycles. The molecule has 0 N–H and O–H groups in total. The Balaban J connectivity index is 1.17. The van der Waals surface area contributed by atoms with Gasteiger partial charge in [-0.25, -0.2) is 0 Å². The van der Waals surface area contributed by atoms with E-state index in [-0.39, 0.29) is 5.41 Å². The van der Waals surface area contributed by atoms with Crippen LogP contribution in [-0.2, 0) is 5.41 Å². The van der Waals surface area contributed by atoms with Gasteiger partial charge < -0.3 is 14.2 Å². The summed E-state index contributed by atoms with van der Waals surface area (Å²) in [6.45, 7) is 4.76. The summed E-state index contributed by atoms with van der Waals surface area (Å²) >= 11 is 0. The van der Waals surface area contributed by atoms with Crippen molar-refractivity contribution in [3.05, 3.63) is 230 Å². The molecule has 1 aliphatic rings. The maximum Gasteiger partial charge on any atom is 0.159 e. The number of anilines is 6. The van der Waals surface area contributed by atoms with Crippen LogP contribution in [0, 0.1) is 0 Å². The van der Waals surface area contributed by atoms with E-state index >= 15 is 0 Å². The van der Waals surface area contributed by atoms with E-state index in [1.165, 1.54) is 44.2 Å². The normalized spacial score (nSPS) is 12.8. The van der Waals surface area contributed by atoms with Gasteiger partial charge in [0.1, 0.15) is 5.58 Å². The van der Waals surface area contributed by atoms with Crippen molar-refractivity contribution in [1.29, 1.82) is 0 Å². The summed E-state index contributed by atoms with van der Waals surface area (Å²) < 4.78 is 6.77. The van der Waals surface area contributed by atoms with E-state index in [4.69, 9.17) is 4.42 Å². The second kappa shape index (κ2) is 14.1. The smallest absolute Gasteiger partial charge is 0.159 e. The SMILES string of the molecule is CC1(C)c2ccccc2-c2c1cc1c(N(c3ccccc3)c3cccc4c3oc3ccccc34)cccc1c2N(c1ccccc1)c1cccc(-c2ccc3ccccc3c2)c1. The number of nitrogens with zero attached hydrogens (tertiary/aromatic N) is 2. The van der Waals surface area contributed by atoms with Crippen LogP contribution >= 0.6 is 0 Å². The minimum atomic E-state index is -0.270. The first kappa shape index (κ1) is 36.0. The predicted molar refractivity (Wildman–Crippen MR) is 261 cm³/mol. The minimum Gasteiger partial charge on any atom is -0.454 e. The average molecular weight is 795 g/mol. The standard InChI is InChI=1S/C59H42N2O/c1-59(2)51-30-13-11-27-49(51)56-52(59)38-50-47(28-16-31-53(50)61(44-23-7-4-8-24-44)54-32-17-29-48-46-26-12-14-33-55(46)62-58(48)54)57(56)60(43-21-5-3-6-22-43)45-25-15-20-41(37-45)42-35-34-39-18-9-10-19-40(39)36-42/h3-38H,1-2H3. The molecule has 0 amide bonds. The lowest BCUT2D eigenvalue weighted by Crippen LogP contribution is -2.17. The molecule has 62 heavy (non-hydrogen) atoms. The molecule has 0 radical (unpaired) electrons. The number of hydrogen-bond donors (Lipinski definition) is 0. The largest absolute Gasteiger partial charge is 0.454 e. The molecule has 0 bridgehead atoms. The zero-order chi connectivity index (χ0) is 41.4. The summed E-state index contributed by atoms with van der Waals surface area (Å²) in [5.74, 6) is 0. The molecule has 0 atom stereocenters. The van der Waals surface area contributed by atoms with E-state index < -0.39 is 0 Å². The molecule has 12 rings (SSSR count). The first-order chi connectivity index (χ1) is 30.5. The molecule has 0 saturated heterocycles. The van der Waals surface area contributed by atoms with Crippen molar-refractivity contribution in [2.45, 2.75) is 19.3 Å². The van der Waals surface area contributed by atoms with Crippen molar-refractivity contribution in [3.63, 3.8) is 0 Å². The Labute approximate surface area is 361 Å². The topological polar surface area (TPSA) is 19.6 Å². The van der Waals surface area contributed by atoms with Gasteiger partial charge in [-0.1, -0.05) is 166 Å². The number of rotatable bonds is 7. The molecule has 294 valence electrons. The Kier molecular flexibility index (Phi) is 8.20. The van der Waals surface area contributed by atoms with Crippen LogP contribution in [0.15, 0.2) is 223 Å². The van der Waals surface area contributed by atoms with E-state index in [1.54, 1.807) is 0 Å². The predicted octanol–water partition coefficient (Wildman–Crippen LogP) is 16.8. The third-order valence-corrected chi connectivity index (χ3v) is 13.0. The Morgan fingerprint density at radius 1 is 0.387 bits per heavy atom. The van der Waals surface area contributed by atoms with Crippen LogP contribution < -0.4 is 9.80 Å². The van der Waals surface area contributed by atoms with E-state index in [2.05, 4.69) is 236 Å². The van der Waals surface area contributed by atoms with E-state index in [0.717, 1.165) is 66.8 Å². The molecule has 10 aromatic carbocycles. The highest BCUT2D eigenvalue weighted by Gasteiger charge is 2.39. The zero-order valence-corrected chi connectivity index (χ0v) is 34.6. The van der Waals surface area contributed by atoms with Crippen molar-refractivity contribution in [1.82, 2.24) is 0 Å². The van der Waals surface area contributed by atoms with Gasteiger partial charge in [-0.15, -0.1) is 0 Å². The maximum atomic E-state index is 6.77. The van der Waals surface area contributed by atoms with Crippen molar-refractivity contribution < 1.29 is 4.42 Å². The average Bonchev–Trinajstić information content (AvgIpc) is 3.82. The van der Waals surface area contributed by atoms with Crippen molar-refractivity contribution in [2.75, 3.05) is 9.80 Å². The van der Waals surface area contributed by atoms with Crippen LogP contribution in [0.25, 0.3) is 65.7 Å². The van der Waals surface area contributed by atoms with Gasteiger partial charge >= 0.3 is 0 Å². The molecule has 0 saturated carbocycles. The molecule has 0 unspecified atom stereocenters. The number of furan rings is 1. The molecule has 3 heteroatoms. The molecular weight excluding hydrogens is 753 g/mol. The molecule has 1 aliphatic carbocycles. The van der Waals surface area contributed by atoms with E-state index in [0.29, 0.717) is 0 Å². The summed E-state index contributed by atoms with van der Waals surface area (Å²) in [5.41, 5.74) is 15.5. The van der Waals surface area contributed by atoms with Crippen LogP contribution in [0.4, 0.5) is 34.1 Å². The lowest BCUT2D eigenvalue weighted by Gasteiger charge is -2.32. The summed E-state index contributed by atoms with van der Waals surface area (Å²) in [5, 5.41) is 6.99. The monoisotopic (exact) mass is 794 g/mol. The highest BCUT2D eigenvalue weighted by atomic mass is 16.3. The van der Waals surface area contributed by atoms with E-state index in [1.807, 2.05) is 6.07 Å². The Morgan fingerprint density at radius 2 is 1.00 bits per heavy atom. The lowest BCUT2D eigenvalue weighted by molar-refractivity contribution is 0.661. The van der Waals surface area contributed by atoms with Crippen LogP contribution in [0.5, 0.6) is 0 Å². The van der Waals surface area contributed by atoms with Crippen LogP contribution in [0.3, 0.4) is 0 Å². The maximum absolute atomic E-state index is 6.77. The van der Waals surface area contributed by atoms with Gasteiger partial charge in [-0.3, -0.25) is 0 Å². The third kappa shape index (κ3) is 5.59. The third-order valence-electron chi connectivity index (χ3n) is 13.0. The summed E-state index contributed by atoms with van der Waals surface area (Å²) in [6, 6.07) is 79.2. The van der Waals surface area contributed by atoms with Crippen molar-refractivity contribution in [2.24, 2.45) is 0 Å². The number of hydrogen-bond acceptors (Lipinski definition) is 3. The number of benzene rings is 10. The fraction of sp³-hybridized carbons (Fsp3) is 0.0508. The molecule has 3 nitrogen and oxygen atoms in total. The Morgan fingerprint density at radius 3 is 1.82 bits per heavy atom. The lowest BCUT2D eigenvalue weighted by atomic mass is 9.81. The van der Waals surface area contributed by atoms with E-state index in [9.17, 15) is 0 Å². The summed E-state index contributed by atoms with van der Waals surface area (Å²) in [6.07, 6.45) is 0. The van der Waals surface area contributed by atoms with Crippen LogP contribution in [0.1, 0.15) is 25.0 Å². The highest BCUT2D eigenvalue weighted by molar-refractivity contribution is 6.16. The minimum absolute atomic E-state index is 0.270. The van der Waals surface area contributed by atoms with Crippen molar-refractivity contribution >= 4 is 77.6 Å². The highest BCUT2D eigenvalue weighted by Crippen LogP contribution is 2.58. The number of para-hydroxylation sites is 4. The molecule has 0 aliphatic heterocycles. The quantitative estimate of drug-likeness (QED) is 0.160. The second-order valence-corrected chi connectivity index (χ2v) is 16.9. The van der Waals surface area contributed by atoms with Crippen LogP contribution in [0.2, 0.25) is 0 Å². The van der Waals surface area contributed by atoms with Gasteiger partial charge in [0.2, 0.25) is 0 Å². The van der Waals surface area contributed by atoms with Gasteiger partial charge in [0, 0.05) is 49.6 Å². The summed E-state index contributed by atoms with van der Waals surface area (Å²) in [7, 11) is 0. The molecule has 0 spiro atoms. The molecular formula is C59H42N2O. The van der Waals surface area contributed by atoms with Gasteiger partial charge in [0.15, 0.2) is 5.58 Å². The van der Waals surface area contributed by atoms with Gasteiger partial charge in [-0.05, 0) is 105 Å². The molecule has 1 heterocycles.